The second-order valence-corrected chi connectivity index (χ2v) is 10.0. The Hall–Kier alpha value is -4.83. The molecule has 2 N–H and O–H groups in total. The number of halogens is 1. The van der Waals surface area contributed by atoms with Gasteiger partial charge in [-0.05, 0) is 53.3 Å². The van der Waals surface area contributed by atoms with E-state index in [2.05, 4.69) is 10.6 Å². The number of nitrogens with one attached hydrogen (secondary N) is 2. The van der Waals surface area contributed by atoms with Crippen LogP contribution in [0.3, 0.4) is 0 Å². The highest BCUT2D eigenvalue weighted by molar-refractivity contribution is 7.17. The highest BCUT2D eigenvalue weighted by atomic mass is 32.1. The van der Waals surface area contributed by atoms with Crippen molar-refractivity contribution in [2.75, 3.05) is 11.9 Å². The molecule has 0 saturated carbocycles. The molecule has 0 bridgehead atoms. The van der Waals surface area contributed by atoms with Crippen LogP contribution in [0.5, 0.6) is 0 Å². The van der Waals surface area contributed by atoms with Gasteiger partial charge >= 0.3 is 5.69 Å². The van der Waals surface area contributed by atoms with Gasteiger partial charge < -0.3 is 10.6 Å². The summed E-state index contributed by atoms with van der Waals surface area (Å²) in [6, 6.07) is 23.7. The second kappa shape index (κ2) is 11.9. The number of amides is 2. The minimum absolute atomic E-state index is 0.00451. The molecule has 0 spiro atoms. The number of fused-ring (bicyclic) bond motifs is 1. The highest BCUT2D eigenvalue weighted by Crippen LogP contribution is 2.18. The molecule has 0 aliphatic rings. The molecule has 8 nitrogen and oxygen atoms in total. The molecule has 40 heavy (non-hydrogen) atoms. The third kappa shape index (κ3) is 5.92. The van der Waals surface area contributed by atoms with Crippen molar-refractivity contribution in [2.45, 2.75) is 19.4 Å². The summed E-state index contributed by atoms with van der Waals surface area (Å²) in [6.45, 7) is 0.100. The predicted octanol–water partition coefficient (Wildman–Crippen LogP) is 3.89. The van der Waals surface area contributed by atoms with E-state index in [9.17, 15) is 23.6 Å². The van der Waals surface area contributed by atoms with E-state index in [0.29, 0.717) is 22.4 Å². The fourth-order valence-electron chi connectivity index (χ4n) is 4.37. The van der Waals surface area contributed by atoms with Gasteiger partial charge in [-0.25, -0.2) is 13.8 Å². The normalized spacial score (nSPS) is 10.9. The molecule has 0 aliphatic carbocycles. The average Bonchev–Trinajstić information content (AvgIpc) is 3.44. The first-order chi connectivity index (χ1) is 19.4. The van der Waals surface area contributed by atoms with E-state index in [-0.39, 0.29) is 18.0 Å². The maximum Gasteiger partial charge on any atom is 0.336 e. The molecule has 0 radical (unpaired) electrons. The lowest BCUT2D eigenvalue weighted by atomic mass is 10.1. The van der Waals surface area contributed by atoms with Crippen LogP contribution in [0, 0.1) is 5.82 Å². The molecule has 0 saturated heterocycles. The second-order valence-electron chi connectivity index (χ2n) is 9.10. The van der Waals surface area contributed by atoms with Crippen LogP contribution >= 0.6 is 11.3 Å². The number of thiophene rings is 1. The zero-order valence-electron chi connectivity index (χ0n) is 21.3. The first kappa shape index (κ1) is 26.8. The Morgan fingerprint density at radius 1 is 0.825 bits per heavy atom. The Morgan fingerprint density at radius 3 is 2.30 bits per heavy atom. The molecule has 0 atom stereocenters. The minimum atomic E-state index is -0.703. The fourth-order valence-corrected chi connectivity index (χ4v) is 5.19. The van der Waals surface area contributed by atoms with Gasteiger partial charge in [0, 0.05) is 6.54 Å². The van der Waals surface area contributed by atoms with E-state index in [4.69, 9.17) is 0 Å². The van der Waals surface area contributed by atoms with E-state index in [1.165, 1.54) is 22.8 Å². The molecule has 10 heteroatoms. The van der Waals surface area contributed by atoms with Gasteiger partial charge in [0.2, 0.25) is 11.8 Å². The first-order valence-corrected chi connectivity index (χ1v) is 13.5. The maximum atomic E-state index is 14.0. The smallest absolute Gasteiger partial charge is 0.336 e. The number of carbonyl (C=O) groups excluding carboxylic acids is 2. The van der Waals surface area contributed by atoms with Crippen molar-refractivity contribution < 1.29 is 14.0 Å². The predicted molar refractivity (Wildman–Crippen MR) is 154 cm³/mol. The first-order valence-electron chi connectivity index (χ1n) is 12.6. The third-order valence-electron chi connectivity index (χ3n) is 6.34. The van der Waals surface area contributed by atoms with Crippen molar-refractivity contribution >= 4 is 39.1 Å². The van der Waals surface area contributed by atoms with Gasteiger partial charge in [0.05, 0.1) is 23.3 Å². The summed E-state index contributed by atoms with van der Waals surface area (Å²) in [5.41, 5.74) is 1.27. The molecule has 2 aromatic heterocycles. The Kier molecular flexibility index (Phi) is 7.97. The van der Waals surface area contributed by atoms with Gasteiger partial charge in [-0.2, -0.15) is 0 Å². The van der Waals surface area contributed by atoms with Crippen molar-refractivity contribution in [3.8, 4) is 5.69 Å². The van der Waals surface area contributed by atoms with Gasteiger partial charge in [0.1, 0.15) is 17.1 Å². The standard InChI is InChI=1S/C30H25FN4O4S/c31-23-8-4-5-9-24(23)33-27(37)19-34-25-15-17-40-28(25)29(38)35(30(34)39)22-12-10-21(11-13-22)18-26(36)32-16-14-20-6-2-1-3-7-20/h1-13,15,17H,14,16,18-19H2,(H,32,36)(H,33,37). The lowest BCUT2D eigenvalue weighted by Gasteiger charge is -2.13. The zero-order chi connectivity index (χ0) is 28.1. The maximum absolute atomic E-state index is 14.0. The molecule has 0 aliphatic heterocycles. The molecule has 0 fully saturated rings. The zero-order valence-corrected chi connectivity index (χ0v) is 22.1. The molecule has 5 aromatic rings. The monoisotopic (exact) mass is 556 g/mol. The van der Waals surface area contributed by atoms with Crippen molar-refractivity contribution in [3.05, 3.63) is 128 Å². The van der Waals surface area contributed by atoms with Crippen molar-refractivity contribution in [3.63, 3.8) is 0 Å². The average molecular weight is 557 g/mol. The lowest BCUT2D eigenvalue weighted by molar-refractivity contribution is -0.120. The van der Waals surface area contributed by atoms with Crippen LogP contribution in [0.1, 0.15) is 11.1 Å². The van der Waals surface area contributed by atoms with Gasteiger partial charge in [0.15, 0.2) is 0 Å². The number of rotatable bonds is 9. The molecular formula is C30H25FN4O4S. The quantitative estimate of drug-likeness (QED) is 0.288. The molecule has 5 rings (SSSR count). The van der Waals surface area contributed by atoms with Gasteiger partial charge in [0.25, 0.3) is 5.56 Å². The van der Waals surface area contributed by atoms with E-state index in [1.54, 1.807) is 41.8 Å². The van der Waals surface area contributed by atoms with Crippen molar-refractivity contribution in [1.82, 2.24) is 14.5 Å². The number of benzene rings is 3. The molecule has 2 amide bonds. The molecule has 0 unspecified atom stereocenters. The van der Waals surface area contributed by atoms with E-state index in [1.807, 2.05) is 30.3 Å². The molecular weight excluding hydrogens is 531 g/mol. The molecule has 202 valence electrons. The Bertz CT molecular complexity index is 1790. The fraction of sp³-hybridized carbons (Fsp3) is 0.133. The third-order valence-corrected chi connectivity index (χ3v) is 7.23. The summed E-state index contributed by atoms with van der Waals surface area (Å²) >= 11 is 1.16. The number of hydrogen-bond acceptors (Lipinski definition) is 5. The number of carbonyl (C=O) groups is 2. The van der Waals surface area contributed by atoms with Crippen LogP contribution in [0.15, 0.2) is 99.9 Å². The van der Waals surface area contributed by atoms with Gasteiger partial charge in [-0.3, -0.25) is 19.0 Å². The van der Waals surface area contributed by atoms with Crippen LogP contribution in [-0.4, -0.2) is 27.5 Å². The summed E-state index contributed by atoms with van der Waals surface area (Å²) in [7, 11) is 0. The summed E-state index contributed by atoms with van der Waals surface area (Å²) < 4.78 is 16.5. The minimum Gasteiger partial charge on any atom is -0.355 e. The number of nitrogens with zero attached hydrogens (tertiary/aromatic N) is 2. The lowest BCUT2D eigenvalue weighted by Crippen LogP contribution is -2.40. The Labute approximate surface area is 232 Å². The van der Waals surface area contributed by atoms with Crippen LogP contribution in [0.2, 0.25) is 0 Å². The molecule has 3 aromatic carbocycles. The van der Waals surface area contributed by atoms with Crippen LogP contribution < -0.4 is 21.9 Å². The van der Waals surface area contributed by atoms with Crippen LogP contribution in [0.4, 0.5) is 10.1 Å². The van der Waals surface area contributed by atoms with E-state index < -0.39 is 29.5 Å². The van der Waals surface area contributed by atoms with Gasteiger partial charge in [-0.1, -0.05) is 54.6 Å². The number of anilines is 1. The number of aromatic nitrogens is 2. The van der Waals surface area contributed by atoms with Crippen LogP contribution in [0.25, 0.3) is 15.9 Å². The summed E-state index contributed by atoms with van der Waals surface area (Å²) in [5, 5.41) is 7.04. The van der Waals surface area contributed by atoms with Crippen LogP contribution in [-0.2, 0) is 29.0 Å². The Morgan fingerprint density at radius 2 is 1.55 bits per heavy atom. The van der Waals surface area contributed by atoms with E-state index in [0.717, 1.165) is 33.5 Å². The number of para-hydroxylation sites is 1. The number of hydrogen-bond donors (Lipinski definition) is 2. The van der Waals surface area contributed by atoms with Crippen molar-refractivity contribution in [2.24, 2.45) is 0 Å². The molecule has 2 heterocycles. The summed E-state index contributed by atoms with van der Waals surface area (Å²) in [6.07, 6.45) is 0.874. The SMILES string of the molecule is O=C(Cc1ccc(-n2c(=O)c3sccc3n(CC(=O)Nc3ccccc3F)c2=O)cc1)NCCc1ccccc1. The highest BCUT2D eigenvalue weighted by Gasteiger charge is 2.18. The summed E-state index contributed by atoms with van der Waals surface area (Å²) in [5.74, 6) is -1.35. The topological polar surface area (TPSA) is 102 Å². The van der Waals surface area contributed by atoms with Gasteiger partial charge in [-0.15, -0.1) is 11.3 Å². The summed E-state index contributed by atoms with van der Waals surface area (Å²) in [4.78, 5) is 51.8. The largest absolute Gasteiger partial charge is 0.355 e. The Balaban J connectivity index is 1.33. The van der Waals surface area contributed by atoms with E-state index >= 15 is 0 Å². The van der Waals surface area contributed by atoms with Crippen molar-refractivity contribution in [1.29, 1.82) is 0 Å².